The van der Waals surface area contributed by atoms with E-state index in [-0.39, 0.29) is 0 Å². The van der Waals surface area contributed by atoms with Crippen molar-refractivity contribution in [3.63, 3.8) is 0 Å². The van der Waals surface area contributed by atoms with Gasteiger partial charge in [0.05, 0.1) is 23.2 Å². The quantitative estimate of drug-likeness (QED) is 0.748. The van der Waals surface area contributed by atoms with Gasteiger partial charge in [-0.1, -0.05) is 20.8 Å². The summed E-state index contributed by atoms with van der Waals surface area (Å²) in [6.45, 7) is 9.72. The third-order valence-electron chi connectivity index (χ3n) is 2.93. The molecule has 0 fully saturated rings. The first-order chi connectivity index (χ1) is 8.24. The zero-order valence-corrected chi connectivity index (χ0v) is 11.8. The Morgan fingerprint density at radius 1 is 1.29 bits per heavy atom. The van der Waals surface area contributed by atoms with Gasteiger partial charge in [0, 0.05) is 17.8 Å². The first-order valence-electron chi connectivity index (χ1n) is 6.31. The third kappa shape index (κ3) is 4.10. The second-order valence-electron chi connectivity index (χ2n) is 3.94. The molecule has 0 bridgehead atoms. The molecule has 1 heterocycles. The number of thiazole rings is 1. The Hall–Kier alpha value is -0.920. The molecular formula is C13H21N3S. The number of nitriles is 1. The summed E-state index contributed by atoms with van der Waals surface area (Å²) >= 11 is 1.71. The van der Waals surface area contributed by atoms with Crippen molar-refractivity contribution < 1.29 is 0 Å². The van der Waals surface area contributed by atoms with Gasteiger partial charge in [-0.05, 0) is 19.5 Å². The highest BCUT2D eigenvalue weighted by molar-refractivity contribution is 7.11. The Balaban J connectivity index is 2.63. The van der Waals surface area contributed by atoms with Gasteiger partial charge in [-0.15, -0.1) is 11.3 Å². The van der Waals surface area contributed by atoms with Gasteiger partial charge in [0.1, 0.15) is 0 Å². The molecule has 0 aromatic carbocycles. The van der Waals surface area contributed by atoms with E-state index >= 15 is 0 Å². The Morgan fingerprint density at radius 2 is 2.00 bits per heavy atom. The standard InChI is InChI=1S/C13H21N3S/c1-4-11-12(7-9-14)17-13(15-11)8-10-16(5-2)6-3/h4-8,10H2,1-3H3. The number of nitrogens with zero attached hydrogens (tertiary/aromatic N) is 3. The normalized spacial score (nSPS) is 10.8. The summed E-state index contributed by atoms with van der Waals surface area (Å²) in [5.74, 6) is 0. The van der Waals surface area contributed by atoms with Gasteiger partial charge in [-0.25, -0.2) is 4.98 Å². The van der Waals surface area contributed by atoms with Gasteiger partial charge >= 0.3 is 0 Å². The highest BCUT2D eigenvalue weighted by Gasteiger charge is 2.10. The summed E-state index contributed by atoms with van der Waals surface area (Å²) in [6, 6.07) is 2.22. The molecule has 0 amide bonds. The van der Waals surface area contributed by atoms with E-state index < -0.39 is 0 Å². The molecule has 0 radical (unpaired) electrons. The molecule has 0 spiro atoms. The topological polar surface area (TPSA) is 39.9 Å². The van der Waals surface area contributed by atoms with E-state index in [1.165, 1.54) is 5.01 Å². The van der Waals surface area contributed by atoms with E-state index in [1.54, 1.807) is 11.3 Å². The highest BCUT2D eigenvalue weighted by Crippen LogP contribution is 2.20. The number of aryl methyl sites for hydroxylation is 1. The highest BCUT2D eigenvalue weighted by atomic mass is 32.1. The van der Waals surface area contributed by atoms with Gasteiger partial charge in [0.25, 0.3) is 0 Å². The van der Waals surface area contributed by atoms with Crippen LogP contribution >= 0.6 is 11.3 Å². The summed E-state index contributed by atoms with van der Waals surface area (Å²) in [5.41, 5.74) is 1.12. The summed E-state index contributed by atoms with van der Waals surface area (Å²) in [5, 5.41) is 9.94. The van der Waals surface area contributed by atoms with Gasteiger partial charge < -0.3 is 4.90 Å². The van der Waals surface area contributed by atoms with Crippen LogP contribution in [0, 0.1) is 11.3 Å². The number of likely N-dealkylation sites (N-methyl/N-ethyl adjacent to an activating group) is 1. The van der Waals surface area contributed by atoms with Crippen molar-refractivity contribution in [3.05, 3.63) is 15.6 Å². The van der Waals surface area contributed by atoms with E-state index in [1.807, 2.05) is 0 Å². The molecule has 0 unspecified atom stereocenters. The van der Waals surface area contributed by atoms with E-state index in [2.05, 4.69) is 36.7 Å². The summed E-state index contributed by atoms with van der Waals surface area (Å²) < 4.78 is 0. The molecule has 0 N–H and O–H groups in total. The van der Waals surface area contributed by atoms with Crippen LogP contribution in [0.15, 0.2) is 0 Å². The minimum atomic E-state index is 0.506. The number of aromatic nitrogens is 1. The zero-order valence-electron chi connectivity index (χ0n) is 11.0. The fraction of sp³-hybridized carbons (Fsp3) is 0.692. The van der Waals surface area contributed by atoms with Crippen molar-refractivity contribution in [2.45, 2.75) is 40.0 Å². The van der Waals surface area contributed by atoms with Crippen molar-refractivity contribution in [1.29, 1.82) is 5.26 Å². The average molecular weight is 251 g/mol. The number of rotatable bonds is 7. The average Bonchev–Trinajstić information content (AvgIpc) is 2.73. The molecule has 17 heavy (non-hydrogen) atoms. The molecule has 1 rings (SSSR count). The third-order valence-corrected chi connectivity index (χ3v) is 4.09. The first kappa shape index (κ1) is 14.1. The molecule has 3 nitrogen and oxygen atoms in total. The van der Waals surface area contributed by atoms with Gasteiger partial charge in [0.15, 0.2) is 0 Å². The van der Waals surface area contributed by atoms with Crippen molar-refractivity contribution in [2.75, 3.05) is 19.6 Å². The lowest BCUT2D eigenvalue weighted by molar-refractivity contribution is 0.308. The van der Waals surface area contributed by atoms with Crippen LogP contribution in [-0.4, -0.2) is 29.5 Å². The lowest BCUT2D eigenvalue weighted by atomic mass is 10.2. The fourth-order valence-electron chi connectivity index (χ4n) is 1.82. The Kier molecular flexibility index (Phi) is 6.17. The van der Waals surface area contributed by atoms with Crippen molar-refractivity contribution in [2.24, 2.45) is 0 Å². The second-order valence-corrected chi connectivity index (χ2v) is 5.11. The van der Waals surface area contributed by atoms with Gasteiger partial charge in [0.2, 0.25) is 0 Å². The van der Waals surface area contributed by atoms with Crippen molar-refractivity contribution >= 4 is 11.3 Å². The lowest BCUT2D eigenvalue weighted by Gasteiger charge is -2.16. The van der Waals surface area contributed by atoms with Crippen LogP contribution in [0.25, 0.3) is 0 Å². The molecule has 1 aromatic heterocycles. The molecule has 0 saturated carbocycles. The smallest absolute Gasteiger partial charge is 0.0944 e. The minimum absolute atomic E-state index is 0.506. The molecule has 0 atom stereocenters. The predicted octanol–water partition coefficient (Wildman–Crippen LogP) is 2.66. The maximum atomic E-state index is 8.76. The van der Waals surface area contributed by atoms with Crippen LogP contribution in [0.3, 0.4) is 0 Å². The van der Waals surface area contributed by atoms with E-state index in [0.29, 0.717) is 6.42 Å². The second kappa shape index (κ2) is 7.41. The Bertz CT molecular complexity index is 375. The summed E-state index contributed by atoms with van der Waals surface area (Å²) in [7, 11) is 0. The van der Waals surface area contributed by atoms with E-state index in [0.717, 1.165) is 43.0 Å². The monoisotopic (exact) mass is 251 g/mol. The van der Waals surface area contributed by atoms with Gasteiger partial charge in [-0.3, -0.25) is 0 Å². The fourth-order valence-corrected chi connectivity index (χ4v) is 2.90. The van der Waals surface area contributed by atoms with Crippen molar-refractivity contribution in [3.8, 4) is 6.07 Å². The van der Waals surface area contributed by atoms with Crippen LogP contribution in [-0.2, 0) is 19.3 Å². The molecule has 0 aliphatic rings. The van der Waals surface area contributed by atoms with Crippen LogP contribution in [0.5, 0.6) is 0 Å². The van der Waals surface area contributed by atoms with Gasteiger partial charge in [-0.2, -0.15) is 5.26 Å². The predicted molar refractivity (Wildman–Crippen MR) is 72.3 cm³/mol. The first-order valence-corrected chi connectivity index (χ1v) is 7.13. The molecule has 0 aliphatic heterocycles. The SMILES string of the molecule is CCc1nc(CCN(CC)CC)sc1CC#N. The molecule has 4 heteroatoms. The molecular weight excluding hydrogens is 230 g/mol. The lowest BCUT2D eigenvalue weighted by Crippen LogP contribution is -2.25. The van der Waals surface area contributed by atoms with Crippen LogP contribution in [0.1, 0.15) is 36.3 Å². The maximum Gasteiger partial charge on any atom is 0.0944 e. The molecule has 0 saturated heterocycles. The van der Waals surface area contributed by atoms with Crippen LogP contribution in [0.2, 0.25) is 0 Å². The summed E-state index contributed by atoms with van der Waals surface area (Å²) in [4.78, 5) is 8.19. The van der Waals surface area contributed by atoms with E-state index in [4.69, 9.17) is 5.26 Å². The Morgan fingerprint density at radius 3 is 2.53 bits per heavy atom. The maximum absolute atomic E-state index is 8.76. The largest absolute Gasteiger partial charge is 0.303 e. The van der Waals surface area contributed by atoms with Crippen LogP contribution < -0.4 is 0 Å². The Labute approximate surface area is 108 Å². The zero-order chi connectivity index (χ0) is 12.7. The summed E-state index contributed by atoms with van der Waals surface area (Å²) in [6.07, 6.45) is 2.44. The number of hydrogen-bond donors (Lipinski definition) is 0. The molecule has 1 aromatic rings. The molecule has 94 valence electrons. The van der Waals surface area contributed by atoms with Crippen LogP contribution in [0.4, 0.5) is 0 Å². The van der Waals surface area contributed by atoms with E-state index in [9.17, 15) is 0 Å². The van der Waals surface area contributed by atoms with Crippen molar-refractivity contribution in [1.82, 2.24) is 9.88 Å². The molecule has 0 aliphatic carbocycles. The number of hydrogen-bond acceptors (Lipinski definition) is 4. The minimum Gasteiger partial charge on any atom is -0.303 e.